The third-order valence-electron chi connectivity index (χ3n) is 2.69. The third-order valence-corrected chi connectivity index (χ3v) is 3.83. The van der Waals surface area contributed by atoms with Crippen LogP contribution in [-0.2, 0) is 9.53 Å². The Hall–Kier alpha value is -1.81. The quantitative estimate of drug-likeness (QED) is 0.788. The van der Waals surface area contributed by atoms with Crippen molar-refractivity contribution in [2.45, 2.75) is 20.3 Å². The summed E-state index contributed by atoms with van der Waals surface area (Å²) in [4.78, 5) is 17.2. The van der Waals surface area contributed by atoms with Crippen LogP contribution in [0.25, 0.3) is 0 Å². The molecule has 1 heterocycles. The van der Waals surface area contributed by atoms with Gasteiger partial charge in [-0.05, 0) is 13.3 Å². The van der Waals surface area contributed by atoms with Gasteiger partial charge in [0.2, 0.25) is 0 Å². The molecule has 0 saturated carbocycles. The van der Waals surface area contributed by atoms with Crippen LogP contribution in [0.15, 0.2) is 58.1 Å². The van der Waals surface area contributed by atoms with Gasteiger partial charge in [0.15, 0.2) is 0 Å². The van der Waals surface area contributed by atoms with Gasteiger partial charge in [0.25, 0.3) is 0 Å². The number of carbonyl (C=O) groups is 1. The summed E-state index contributed by atoms with van der Waals surface area (Å²) < 4.78 is 5.07. The molecule has 0 atom stereocenters. The van der Waals surface area contributed by atoms with Gasteiger partial charge in [-0.3, -0.25) is 0 Å². The highest BCUT2D eigenvalue weighted by Gasteiger charge is 2.22. The first-order valence-corrected chi connectivity index (χ1v) is 7.46. The molecule has 0 amide bonds. The number of aliphatic imine (C=N–C) groups is 1. The van der Waals surface area contributed by atoms with Crippen molar-refractivity contribution in [3.8, 4) is 0 Å². The average molecular weight is 287 g/mol. The summed E-state index contributed by atoms with van der Waals surface area (Å²) in [6.07, 6.45) is 4.50. The van der Waals surface area contributed by atoms with E-state index in [4.69, 9.17) is 4.74 Å². The first-order chi connectivity index (χ1) is 9.76. The molecule has 1 aromatic rings. The molecule has 1 aliphatic rings. The zero-order chi connectivity index (χ0) is 14.4. The Kier molecular flexibility index (Phi) is 5.18. The molecule has 0 radical (unpaired) electrons. The van der Waals surface area contributed by atoms with Crippen LogP contribution in [-0.4, -0.2) is 17.6 Å². The van der Waals surface area contributed by atoms with Crippen molar-refractivity contribution < 1.29 is 9.53 Å². The van der Waals surface area contributed by atoms with Gasteiger partial charge in [-0.15, -0.1) is 0 Å². The van der Waals surface area contributed by atoms with Crippen LogP contribution in [0, 0.1) is 0 Å². The third kappa shape index (κ3) is 3.39. The van der Waals surface area contributed by atoms with Gasteiger partial charge < -0.3 is 4.74 Å². The number of esters is 1. The molecule has 0 fully saturated rings. The lowest BCUT2D eigenvalue weighted by Crippen LogP contribution is -2.12. The fraction of sp³-hybridized carbons (Fsp3) is 0.250. The summed E-state index contributed by atoms with van der Waals surface area (Å²) in [5, 5.41) is 0.901. The lowest BCUT2D eigenvalue weighted by molar-refractivity contribution is -0.138. The molecular weight excluding hydrogens is 270 g/mol. The maximum atomic E-state index is 11.9. The number of carbonyl (C=O) groups excluding carboxylic acids is 1. The second kappa shape index (κ2) is 7.10. The van der Waals surface area contributed by atoms with Crippen molar-refractivity contribution in [2.24, 2.45) is 4.99 Å². The fourth-order valence-electron chi connectivity index (χ4n) is 1.79. The van der Waals surface area contributed by atoms with E-state index in [1.807, 2.05) is 43.3 Å². The van der Waals surface area contributed by atoms with Crippen LogP contribution in [0.3, 0.4) is 0 Å². The molecule has 0 aliphatic carbocycles. The molecule has 20 heavy (non-hydrogen) atoms. The SMILES string of the molecule is CC/C=C1/SC(c2ccccc2)=NC=C1C(=O)OCC. The van der Waals surface area contributed by atoms with E-state index in [1.165, 1.54) is 11.8 Å². The number of hydrogen-bond donors (Lipinski definition) is 0. The van der Waals surface area contributed by atoms with Gasteiger partial charge in [0.05, 0.1) is 12.2 Å². The standard InChI is InChI=1S/C16H17NO2S/c1-3-8-14-13(16(18)19-4-2)11-17-15(20-14)12-9-6-5-7-10-12/h5-11H,3-4H2,1-2H3/b14-8+. The zero-order valence-electron chi connectivity index (χ0n) is 11.6. The van der Waals surface area contributed by atoms with Gasteiger partial charge >= 0.3 is 5.97 Å². The monoisotopic (exact) mass is 287 g/mol. The summed E-state index contributed by atoms with van der Waals surface area (Å²) in [7, 11) is 0. The molecule has 0 N–H and O–H groups in total. The lowest BCUT2D eigenvalue weighted by Gasteiger charge is -2.16. The molecule has 1 aromatic carbocycles. The summed E-state index contributed by atoms with van der Waals surface area (Å²) in [6, 6.07) is 9.95. The van der Waals surface area contributed by atoms with E-state index in [9.17, 15) is 4.79 Å². The molecule has 104 valence electrons. The maximum absolute atomic E-state index is 11.9. The number of hydrogen-bond acceptors (Lipinski definition) is 4. The van der Waals surface area contributed by atoms with E-state index in [0.29, 0.717) is 12.2 Å². The molecule has 0 saturated heterocycles. The van der Waals surface area contributed by atoms with Crippen LogP contribution >= 0.6 is 11.8 Å². The van der Waals surface area contributed by atoms with Crippen molar-refractivity contribution in [1.29, 1.82) is 0 Å². The number of rotatable bonds is 4. The molecule has 0 unspecified atom stereocenters. The molecule has 0 bridgehead atoms. The van der Waals surface area contributed by atoms with E-state index < -0.39 is 0 Å². The van der Waals surface area contributed by atoms with E-state index in [0.717, 1.165) is 21.9 Å². The minimum atomic E-state index is -0.310. The van der Waals surface area contributed by atoms with Crippen molar-refractivity contribution in [1.82, 2.24) is 0 Å². The Balaban J connectivity index is 2.33. The minimum Gasteiger partial charge on any atom is -0.462 e. The van der Waals surface area contributed by atoms with Crippen molar-refractivity contribution >= 4 is 22.8 Å². The van der Waals surface area contributed by atoms with Crippen molar-refractivity contribution in [3.63, 3.8) is 0 Å². The predicted octanol–water partition coefficient (Wildman–Crippen LogP) is 3.92. The maximum Gasteiger partial charge on any atom is 0.340 e. The van der Waals surface area contributed by atoms with E-state index in [1.54, 1.807) is 13.1 Å². The van der Waals surface area contributed by atoms with Gasteiger partial charge in [-0.1, -0.05) is 55.1 Å². The van der Waals surface area contributed by atoms with Gasteiger partial charge in [0, 0.05) is 16.7 Å². The summed E-state index contributed by atoms with van der Waals surface area (Å²) in [5.41, 5.74) is 1.59. The Morgan fingerprint density at radius 2 is 2.05 bits per heavy atom. The highest BCUT2D eigenvalue weighted by atomic mass is 32.2. The Morgan fingerprint density at radius 3 is 2.70 bits per heavy atom. The summed E-state index contributed by atoms with van der Waals surface area (Å²) >= 11 is 1.51. The molecule has 0 spiro atoms. The molecule has 4 heteroatoms. The van der Waals surface area contributed by atoms with Crippen molar-refractivity contribution in [3.05, 3.63) is 58.6 Å². The lowest BCUT2D eigenvalue weighted by atomic mass is 10.2. The predicted molar refractivity (Wildman–Crippen MR) is 83.7 cm³/mol. The number of ether oxygens (including phenoxy) is 1. The number of allylic oxidation sites excluding steroid dienone is 1. The van der Waals surface area contributed by atoms with Crippen LogP contribution in [0.5, 0.6) is 0 Å². The average Bonchev–Trinajstić information content (AvgIpc) is 2.48. The van der Waals surface area contributed by atoms with Crippen LogP contribution in [0.1, 0.15) is 25.8 Å². The van der Waals surface area contributed by atoms with Crippen molar-refractivity contribution in [2.75, 3.05) is 6.61 Å². The smallest absolute Gasteiger partial charge is 0.340 e. The topological polar surface area (TPSA) is 38.7 Å². The van der Waals surface area contributed by atoms with Crippen LogP contribution in [0.2, 0.25) is 0 Å². The molecular formula is C16H17NO2S. The highest BCUT2D eigenvalue weighted by Crippen LogP contribution is 2.33. The van der Waals surface area contributed by atoms with Gasteiger partial charge in [-0.2, -0.15) is 0 Å². The number of thioether (sulfide) groups is 1. The first-order valence-electron chi connectivity index (χ1n) is 6.65. The molecule has 1 aliphatic heterocycles. The summed E-state index contributed by atoms with van der Waals surface area (Å²) in [5.74, 6) is -0.310. The highest BCUT2D eigenvalue weighted by molar-refractivity contribution is 8.18. The zero-order valence-corrected chi connectivity index (χ0v) is 12.4. The largest absolute Gasteiger partial charge is 0.462 e. The van der Waals surface area contributed by atoms with E-state index in [-0.39, 0.29) is 5.97 Å². The van der Waals surface area contributed by atoms with Crippen LogP contribution in [0.4, 0.5) is 0 Å². The Labute approximate surface area is 123 Å². The van der Waals surface area contributed by atoms with Gasteiger partial charge in [0.1, 0.15) is 5.04 Å². The number of benzene rings is 1. The molecule has 2 rings (SSSR count). The Morgan fingerprint density at radius 1 is 1.30 bits per heavy atom. The van der Waals surface area contributed by atoms with E-state index in [2.05, 4.69) is 4.99 Å². The minimum absolute atomic E-state index is 0.310. The summed E-state index contributed by atoms with van der Waals surface area (Å²) in [6.45, 7) is 4.22. The molecule has 3 nitrogen and oxygen atoms in total. The van der Waals surface area contributed by atoms with Crippen LogP contribution < -0.4 is 0 Å². The first kappa shape index (κ1) is 14.6. The second-order valence-corrected chi connectivity index (χ2v) is 5.17. The second-order valence-electron chi connectivity index (χ2n) is 4.14. The fourth-order valence-corrected chi connectivity index (χ4v) is 2.85. The van der Waals surface area contributed by atoms with E-state index >= 15 is 0 Å². The normalized spacial score (nSPS) is 16.6. The molecule has 0 aromatic heterocycles. The van der Waals surface area contributed by atoms with Gasteiger partial charge in [-0.25, -0.2) is 9.79 Å². The Bertz CT molecular complexity index is 573. The number of nitrogens with zero attached hydrogens (tertiary/aromatic N) is 1.